The minimum absolute atomic E-state index is 0.0571. The molecule has 0 aliphatic carbocycles. The maximum atomic E-state index is 10.8. The van der Waals surface area contributed by atoms with Crippen LogP contribution < -0.4 is 11.4 Å². The number of tetrazole rings is 1. The zero-order valence-corrected chi connectivity index (χ0v) is 5.51. The lowest BCUT2D eigenvalue weighted by Gasteiger charge is -1.84. The second-order valence-corrected chi connectivity index (χ2v) is 1.83. The highest BCUT2D eigenvalue weighted by molar-refractivity contribution is 4.96. The molecule has 0 aromatic carbocycles. The smallest absolute Gasteiger partial charge is 0.309 e. The average molecular weight is 170 g/mol. The molecule has 2 rings (SSSR count). The van der Waals surface area contributed by atoms with Crippen LogP contribution in [-0.4, -0.2) is 30.3 Å². The van der Waals surface area contributed by atoms with Gasteiger partial charge in [-0.3, -0.25) is 0 Å². The van der Waals surface area contributed by atoms with Crippen LogP contribution in [0.4, 0.5) is 0 Å². The third-order valence-electron chi connectivity index (χ3n) is 1.09. The van der Waals surface area contributed by atoms with E-state index in [1.54, 1.807) is 0 Å². The molecule has 0 saturated carbocycles. The molecular weight excluding hydrogens is 168 g/mol. The summed E-state index contributed by atoms with van der Waals surface area (Å²) in [6, 6.07) is 0. The zero-order chi connectivity index (χ0) is 8.55. The second-order valence-electron chi connectivity index (χ2n) is 1.83. The zero-order valence-electron chi connectivity index (χ0n) is 5.51. The number of aromatic amines is 2. The first-order valence-corrected chi connectivity index (χ1v) is 2.84. The Kier molecular flexibility index (Phi) is 1.17. The van der Waals surface area contributed by atoms with E-state index in [1.807, 2.05) is 4.98 Å². The van der Waals surface area contributed by atoms with E-state index in [0.29, 0.717) is 4.74 Å². The summed E-state index contributed by atoms with van der Waals surface area (Å²) >= 11 is 0. The van der Waals surface area contributed by atoms with Crippen molar-refractivity contribution in [2.45, 2.75) is 0 Å². The fourth-order valence-electron chi connectivity index (χ4n) is 0.665. The first-order valence-electron chi connectivity index (χ1n) is 2.84. The van der Waals surface area contributed by atoms with Crippen LogP contribution in [0.2, 0.25) is 0 Å². The van der Waals surface area contributed by atoms with Gasteiger partial charge in [-0.2, -0.15) is 0 Å². The summed E-state index contributed by atoms with van der Waals surface area (Å²) in [5, 5.41) is 12.0. The molecule has 0 aliphatic rings. The van der Waals surface area contributed by atoms with E-state index in [-0.39, 0.29) is 5.95 Å². The lowest BCUT2D eigenvalue weighted by atomic mass is 11.0. The summed E-state index contributed by atoms with van der Waals surface area (Å²) in [5.74, 6) is -0.922. The van der Waals surface area contributed by atoms with Crippen molar-refractivity contribution >= 4 is 0 Å². The number of nitrogens with zero attached hydrogens (tertiary/aromatic N) is 4. The van der Waals surface area contributed by atoms with Crippen LogP contribution in [0.15, 0.2) is 14.1 Å². The first kappa shape index (κ1) is 6.52. The number of hydrogen-bond acceptors (Lipinski definition) is 6. The Morgan fingerprint density at radius 3 is 2.75 bits per heavy atom. The number of H-pyrrole nitrogens is 2. The highest BCUT2D eigenvalue weighted by Gasteiger charge is 2.07. The van der Waals surface area contributed by atoms with Crippen molar-refractivity contribution in [2.75, 3.05) is 0 Å². The third kappa shape index (κ3) is 0.836. The number of nitrogens with one attached hydrogen (secondary N) is 2. The van der Waals surface area contributed by atoms with Gasteiger partial charge in [0, 0.05) is 0 Å². The SMILES string of the molecule is O=c1[nH]c(=O)n(-c2nnn[nH]2)o1. The van der Waals surface area contributed by atoms with Gasteiger partial charge in [0.05, 0.1) is 0 Å². The normalized spacial score (nSPS) is 10.3. The molecule has 0 atom stereocenters. The maximum Gasteiger partial charge on any atom is 0.440 e. The van der Waals surface area contributed by atoms with Gasteiger partial charge in [-0.1, -0.05) is 9.84 Å². The van der Waals surface area contributed by atoms with Gasteiger partial charge in [-0.25, -0.2) is 19.7 Å². The maximum absolute atomic E-state index is 10.8. The predicted octanol–water partition coefficient (Wildman–Crippen LogP) is -2.37. The Labute approximate surface area is 63.0 Å². The molecule has 0 saturated heterocycles. The molecule has 12 heavy (non-hydrogen) atoms. The van der Waals surface area contributed by atoms with Gasteiger partial charge in [-0.05, 0) is 10.4 Å². The summed E-state index contributed by atoms with van der Waals surface area (Å²) in [6.07, 6.45) is 0. The van der Waals surface area contributed by atoms with Crippen molar-refractivity contribution in [2.24, 2.45) is 0 Å². The molecule has 2 N–H and O–H groups in total. The number of rotatable bonds is 1. The van der Waals surface area contributed by atoms with Crippen molar-refractivity contribution in [1.82, 2.24) is 30.3 Å². The van der Waals surface area contributed by atoms with Crippen LogP contribution in [0.1, 0.15) is 0 Å². The van der Waals surface area contributed by atoms with E-state index in [2.05, 4.69) is 25.1 Å². The molecule has 0 unspecified atom stereocenters. The van der Waals surface area contributed by atoms with Crippen molar-refractivity contribution in [3.05, 3.63) is 21.0 Å². The van der Waals surface area contributed by atoms with E-state index in [1.165, 1.54) is 0 Å². The molecule has 9 nitrogen and oxygen atoms in total. The van der Waals surface area contributed by atoms with Gasteiger partial charge in [0.1, 0.15) is 0 Å². The van der Waals surface area contributed by atoms with Crippen molar-refractivity contribution in [3.63, 3.8) is 0 Å². The van der Waals surface area contributed by atoms with E-state index < -0.39 is 11.4 Å². The molecule has 0 spiro atoms. The fourth-order valence-corrected chi connectivity index (χ4v) is 0.665. The quantitative estimate of drug-likeness (QED) is 0.493. The Morgan fingerprint density at radius 2 is 2.25 bits per heavy atom. The lowest BCUT2D eigenvalue weighted by molar-refractivity contribution is 0.305. The van der Waals surface area contributed by atoms with E-state index >= 15 is 0 Å². The summed E-state index contributed by atoms with van der Waals surface area (Å²) < 4.78 is 4.99. The molecule has 2 aromatic heterocycles. The van der Waals surface area contributed by atoms with Crippen LogP contribution in [0, 0.1) is 0 Å². The van der Waals surface area contributed by atoms with Gasteiger partial charge < -0.3 is 4.52 Å². The van der Waals surface area contributed by atoms with Crippen LogP contribution in [-0.2, 0) is 0 Å². The van der Waals surface area contributed by atoms with Crippen LogP contribution in [0.3, 0.4) is 0 Å². The van der Waals surface area contributed by atoms with Crippen LogP contribution in [0.5, 0.6) is 0 Å². The minimum Gasteiger partial charge on any atom is -0.309 e. The molecule has 9 heteroatoms. The molecule has 62 valence electrons. The topological polar surface area (TPSA) is 122 Å². The Morgan fingerprint density at radius 1 is 1.42 bits per heavy atom. The van der Waals surface area contributed by atoms with E-state index in [4.69, 9.17) is 0 Å². The minimum atomic E-state index is -0.864. The third-order valence-corrected chi connectivity index (χ3v) is 1.09. The highest BCUT2D eigenvalue weighted by atomic mass is 16.5. The Hall–Kier alpha value is -2.19. The Bertz CT molecular complexity index is 473. The van der Waals surface area contributed by atoms with Gasteiger partial charge in [-0.15, -0.1) is 0 Å². The van der Waals surface area contributed by atoms with Gasteiger partial charge >= 0.3 is 11.4 Å². The summed E-state index contributed by atoms with van der Waals surface area (Å²) in [7, 11) is 0. The van der Waals surface area contributed by atoms with Crippen molar-refractivity contribution in [3.8, 4) is 5.95 Å². The largest absolute Gasteiger partial charge is 0.440 e. The number of aromatic nitrogens is 6. The monoisotopic (exact) mass is 170 g/mol. The standard InChI is InChI=1S/C3H2N6O3/c10-2-4-3(11)12-9(2)1-5-7-8-6-1/h(H,4,10,11)(H,5,6,7,8). The molecule has 0 radical (unpaired) electrons. The van der Waals surface area contributed by atoms with Crippen LogP contribution >= 0.6 is 0 Å². The highest BCUT2D eigenvalue weighted by Crippen LogP contribution is 1.85. The second kappa shape index (κ2) is 2.15. The summed E-state index contributed by atoms with van der Waals surface area (Å²) in [6.45, 7) is 0. The fraction of sp³-hybridized carbons (Fsp3) is 0. The van der Waals surface area contributed by atoms with Crippen molar-refractivity contribution < 1.29 is 4.52 Å². The summed E-state index contributed by atoms with van der Waals surface area (Å²) in [4.78, 5) is 23.2. The average Bonchev–Trinajstić information content (AvgIpc) is 2.58. The van der Waals surface area contributed by atoms with Gasteiger partial charge in [0.2, 0.25) is 0 Å². The van der Waals surface area contributed by atoms with Crippen LogP contribution in [0.25, 0.3) is 5.95 Å². The predicted molar refractivity (Wildman–Crippen MR) is 32.7 cm³/mol. The van der Waals surface area contributed by atoms with Crippen molar-refractivity contribution in [1.29, 1.82) is 0 Å². The molecule has 0 bridgehead atoms. The van der Waals surface area contributed by atoms with E-state index in [9.17, 15) is 9.59 Å². The molecular formula is C3H2N6O3. The van der Waals surface area contributed by atoms with E-state index in [0.717, 1.165) is 0 Å². The first-order chi connectivity index (χ1) is 5.77. The summed E-state index contributed by atoms with van der Waals surface area (Å²) in [5.41, 5.74) is -0.737. The molecule has 0 aliphatic heterocycles. The lowest BCUT2D eigenvalue weighted by Crippen LogP contribution is -2.16. The molecule has 0 amide bonds. The number of hydrogen-bond donors (Lipinski definition) is 2. The van der Waals surface area contributed by atoms with Gasteiger partial charge in [0.15, 0.2) is 0 Å². The molecule has 2 aromatic rings. The Balaban J connectivity index is 2.69. The molecule has 0 fully saturated rings. The van der Waals surface area contributed by atoms with Gasteiger partial charge in [0.25, 0.3) is 5.95 Å². The molecule has 2 heterocycles.